The highest BCUT2D eigenvalue weighted by molar-refractivity contribution is 5.68. The average molecular weight is 263 g/mol. The van der Waals surface area contributed by atoms with E-state index < -0.39 is 11.7 Å². The van der Waals surface area contributed by atoms with Crippen LogP contribution in [0.25, 0.3) is 0 Å². The van der Waals surface area contributed by atoms with Gasteiger partial charge in [-0.1, -0.05) is 30.3 Å². The van der Waals surface area contributed by atoms with Gasteiger partial charge in [-0.15, -0.1) is 0 Å². The highest BCUT2D eigenvalue weighted by Gasteiger charge is 2.36. The van der Waals surface area contributed by atoms with Crippen molar-refractivity contribution in [3.05, 3.63) is 35.9 Å². The van der Waals surface area contributed by atoms with Crippen LogP contribution in [-0.2, 0) is 4.74 Å². The van der Waals surface area contributed by atoms with Gasteiger partial charge in [-0.05, 0) is 26.3 Å². The topological polar surface area (TPSA) is 49.8 Å². The van der Waals surface area contributed by atoms with E-state index in [0.717, 1.165) is 5.56 Å². The zero-order valence-corrected chi connectivity index (χ0v) is 11.7. The normalized spacial score (nSPS) is 23.5. The van der Waals surface area contributed by atoms with Crippen molar-refractivity contribution >= 4 is 6.09 Å². The second kappa shape index (κ2) is 5.21. The zero-order chi connectivity index (χ0) is 14.0. The summed E-state index contributed by atoms with van der Waals surface area (Å²) in [6.07, 6.45) is -0.889. The largest absolute Gasteiger partial charge is 0.444 e. The molecule has 1 fully saturated rings. The third-order valence-electron chi connectivity index (χ3n) is 3.17. The van der Waals surface area contributed by atoms with Gasteiger partial charge in [0.05, 0.1) is 12.6 Å². The lowest BCUT2D eigenvalue weighted by Crippen LogP contribution is -2.35. The van der Waals surface area contributed by atoms with Crippen molar-refractivity contribution in [3.8, 4) is 0 Å². The lowest BCUT2D eigenvalue weighted by molar-refractivity contribution is 0.0270. The van der Waals surface area contributed by atoms with Crippen molar-refractivity contribution in [2.45, 2.75) is 38.4 Å². The van der Waals surface area contributed by atoms with Gasteiger partial charge in [-0.2, -0.15) is 0 Å². The molecule has 1 saturated heterocycles. The van der Waals surface area contributed by atoms with E-state index in [4.69, 9.17) is 4.74 Å². The summed E-state index contributed by atoms with van der Waals surface area (Å²) in [5.74, 6) is -0.0336. The van der Waals surface area contributed by atoms with E-state index in [1.807, 2.05) is 51.1 Å². The highest BCUT2D eigenvalue weighted by Crippen LogP contribution is 2.28. The second-order valence-corrected chi connectivity index (χ2v) is 5.97. The molecule has 1 amide bonds. The van der Waals surface area contributed by atoms with Crippen LogP contribution < -0.4 is 0 Å². The maximum absolute atomic E-state index is 12.0. The summed E-state index contributed by atoms with van der Waals surface area (Å²) in [4.78, 5) is 13.6. The Kier molecular flexibility index (Phi) is 3.80. The summed E-state index contributed by atoms with van der Waals surface area (Å²) in [6.45, 7) is 6.35. The molecule has 0 saturated carbocycles. The molecule has 1 N–H and O–H groups in total. The fraction of sp³-hybridized carbons (Fsp3) is 0.533. The zero-order valence-electron chi connectivity index (χ0n) is 11.7. The van der Waals surface area contributed by atoms with Crippen LogP contribution in [0.3, 0.4) is 0 Å². The molecule has 1 aromatic rings. The number of carbonyl (C=O) groups excluding carboxylic acids is 1. The lowest BCUT2D eigenvalue weighted by atomic mass is 9.96. The number of hydrogen-bond donors (Lipinski definition) is 1. The Morgan fingerprint density at radius 3 is 2.47 bits per heavy atom. The first-order valence-corrected chi connectivity index (χ1v) is 6.58. The number of rotatable bonds is 1. The molecule has 2 atom stereocenters. The van der Waals surface area contributed by atoms with Crippen molar-refractivity contribution < 1.29 is 14.6 Å². The predicted molar refractivity (Wildman–Crippen MR) is 73.0 cm³/mol. The first kappa shape index (κ1) is 13.9. The van der Waals surface area contributed by atoms with E-state index in [1.165, 1.54) is 0 Å². The Balaban J connectivity index is 2.04. The molecule has 0 spiro atoms. The lowest BCUT2D eigenvalue weighted by Gasteiger charge is -2.24. The minimum atomic E-state index is -0.532. The summed E-state index contributed by atoms with van der Waals surface area (Å²) in [5, 5.41) is 10.1. The molecule has 0 aliphatic carbocycles. The molecule has 4 heteroatoms. The predicted octanol–water partition coefficient (Wildman–Crippen LogP) is 2.38. The number of aliphatic hydroxyl groups excluding tert-OH is 1. The minimum Gasteiger partial charge on any atom is -0.444 e. The fourth-order valence-corrected chi connectivity index (χ4v) is 2.29. The van der Waals surface area contributed by atoms with Crippen LogP contribution in [0.4, 0.5) is 4.79 Å². The highest BCUT2D eigenvalue weighted by atomic mass is 16.6. The van der Waals surface area contributed by atoms with E-state index in [1.54, 1.807) is 4.90 Å². The number of benzene rings is 1. The summed E-state index contributed by atoms with van der Waals surface area (Å²) in [5.41, 5.74) is 0.549. The Bertz CT molecular complexity index is 438. The average Bonchev–Trinajstić information content (AvgIpc) is 2.70. The maximum Gasteiger partial charge on any atom is 0.410 e. The second-order valence-electron chi connectivity index (χ2n) is 5.97. The van der Waals surface area contributed by atoms with Crippen LogP contribution in [-0.4, -0.2) is 40.9 Å². The SMILES string of the molecule is CC(C)(C)OC(=O)N1C[C@@H](O)[C@H](c2ccccc2)C1. The number of ether oxygens (including phenoxy) is 1. The van der Waals surface area contributed by atoms with E-state index in [2.05, 4.69) is 0 Å². The van der Waals surface area contributed by atoms with Gasteiger partial charge in [-0.25, -0.2) is 4.79 Å². The Morgan fingerprint density at radius 1 is 1.26 bits per heavy atom. The molecule has 0 bridgehead atoms. The van der Waals surface area contributed by atoms with Crippen molar-refractivity contribution in [1.29, 1.82) is 0 Å². The van der Waals surface area contributed by atoms with Crippen LogP contribution in [0.2, 0.25) is 0 Å². The molecule has 0 unspecified atom stereocenters. The summed E-state index contributed by atoms with van der Waals surface area (Å²) >= 11 is 0. The Hall–Kier alpha value is -1.55. The van der Waals surface area contributed by atoms with Crippen LogP contribution in [0.1, 0.15) is 32.3 Å². The van der Waals surface area contributed by atoms with Crippen LogP contribution in [0.15, 0.2) is 30.3 Å². The number of nitrogens with zero attached hydrogens (tertiary/aromatic N) is 1. The molecule has 104 valence electrons. The van der Waals surface area contributed by atoms with E-state index in [9.17, 15) is 9.90 Å². The van der Waals surface area contributed by atoms with Gasteiger partial charge in [0, 0.05) is 12.5 Å². The minimum absolute atomic E-state index is 0.0336. The summed E-state index contributed by atoms with van der Waals surface area (Å²) in [6, 6.07) is 9.78. The van der Waals surface area contributed by atoms with Crippen molar-refractivity contribution in [2.24, 2.45) is 0 Å². The van der Waals surface area contributed by atoms with Gasteiger partial charge in [0.2, 0.25) is 0 Å². The number of aliphatic hydroxyl groups is 1. The Morgan fingerprint density at radius 2 is 1.89 bits per heavy atom. The van der Waals surface area contributed by atoms with Crippen molar-refractivity contribution in [2.75, 3.05) is 13.1 Å². The van der Waals surface area contributed by atoms with Gasteiger partial charge in [0.25, 0.3) is 0 Å². The molecule has 0 radical (unpaired) electrons. The summed E-state index contributed by atoms with van der Waals surface area (Å²) in [7, 11) is 0. The van der Waals surface area contributed by atoms with Gasteiger partial charge in [0.15, 0.2) is 0 Å². The van der Waals surface area contributed by atoms with Gasteiger partial charge in [-0.3, -0.25) is 0 Å². The molecule has 1 aliphatic heterocycles. The molecule has 1 aliphatic rings. The number of likely N-dealkylation sites (tertiary alicyclic amines) is 1. The standard InChI is InChI=1S/C15H21NO3/c1-15(2,3)19-14(18)16-9-12(13(17)10-16)11-7-5-4-6-8-11/h4-8,12-13,17H,9-10H2,1-3H3/t12-,13+/m0/s1. The maximum atomic E-state index is 12.0. The monoisotopic (exact) mass is 263 g/mol. The van der Waals surface area contributed by atoms with Crippen LogP contribution in [0.5, 0.6) is 0 Å². The van der Waals surface area contributed by atoms with Gasteiger partial charge < -0.3 is 14.7 Å². The molecule has 1 aromatic carbocycles. The quantitative estimate of drug-likeness (QED) is 0.846. The smallest absolute Gasteiger partial charge is 0.410 e. The third-order valence-corrected chi connectivity index (χ3v) is 3.17. The molecule has 0 aromatic heterocycles. The van der Waals surface area contributed by atoms with E-state index in [0.29, 0.717) is 13.1 Å². The number of hydrogen-bond acceptors (Lipinski definition) is 3. The van der Waals surface area contributed by atoms with Gasteiger partial charge in [0.1, 0.15) is 5.60 Å². The first-order valence-electron chi connectivity index (χ1n) is 6.58. The first-order chi connectivity index (χ1) is 8.87. The van der Waals surface area contributed by atoms with Crippen molar-refractivity contribution in [3.63, 3.8) is 0 Å². The van der Waals surface area contributed by atoms with Crippen LogP contribution >= 0.6 is 0 Å². The molecular weight excluding hydrogens is 242 g/mol. The molecular formula is C15H21NO3. The fourth-order valence-electron chi connectivity index (χ4n) is 2.29. The van der Waals surface area contributed by atoms with Gasteiger partial charge >= 0.3 is 6.09 Å². The number of carbonyl (C=O) groups is 1. The molecule has 2 rings (SSSR count). The number of β-amino-alcohol motifs (C(OH)–C–C–N with tert-alkyl or cyclic N) is 1. The third kappa shape index (κ3) is 3.47. The summed E-state index contributed by atoms with van der Waals surface area (Å²) < 4.78 is 5.33. The van der Waals surface area contributed by atoms with Crippen molar-refractivity contribution in [1.82, 2.24) is 4.90 Å². The van der Waals surface area contributed by atoms with E-state index >= 15 is 0 Å². The molecule has 4 nitrogen and oxygen atoms in total. The van der Waals surface area contributed by atoms with E-state index in [-0.39, 0.29) is 12.0 Å². The number of amides is 1. The Labute approximate surface area is 114 Å². The molecule has 19 heavy (non-hydrogen) atoms. The molecule has 1 heterocycles. The van der Waals surface area contributed by atoms with Crippen LogP contribution in [0, 0.1) is 0 Å².